The Morgan fingerprint density at radius 1 is 0.676 bits per heavy atom. The second kappa shape index (κ2) is 10.1. The summed E-state index contributed by atoms with van der Waals surface area (Å²) < 4.78 is 0. The second-order valence-electron chi connectivity index (χ2n) is 7.95. The van der Waals surface area contributed by atoms with Crippen molar-refractivity contribution in [1.82, 2.24) is 9.97 Å². The Labute approximate surface area is 214 Å². The van der Waals surface area contributed by atoms with Gasteiger partial charge in [-0.25, -0.2) is 4.98 Å². The Hall–Kier alpha value is -2.98. The number of thioether (sulfide) groups is 1. The van der Waals surface area contributed by atoms with Gasteiger partial charge in [-0.3, -0.25) is 0 Å². The maximum absolute atomic E-state index is 6.40. The van der Waals surface area contributed by atoms with Crippen molar-refractivity contribution in [3.8, 4) is 0 Å². The molecule has 0 saturated heterocycles. The number of imidazole rings is 1. The SMILES string of the molecule is Clc1cccc(SCc2cnc(C(c3ccccc3)(c3ccccc3)c3ccccc3)[nH]2)c1Cl. The van der Waals surface area contributed by atoms with E-state index in [1.54, 1.807) is 17.8 Å². The molecule has 0 radical (unpaired) electrons. The molecule has 5 rings (SSSR count). The van der Waals surface area contributed by atoms with Crippen molar-refractivity contribution in [3.05, 3.63) is 154 Å². The maximum Gasteiger partial charge on any atom is 0.125 e. The van der Waals surface area contributed by atoms with Gasteiger partial charge in [0.2, 0.25) is 0 Å². The van der Waals surface area contributed by atoms with Crippen LogP contribution in [0.3, 0.4) is 0 Å². The van der Waals surface area contributed by atoms with Crippen molar-refractivity contribution in [3.63, 3.8) is 0 Å². The first-order valence-electron chi connectivity index (χ1n) is 11.0. The van der Waals surface area contributed by atoms with Crippen LogP contribution in [0.25, 0.3) is 0 Å². The molecule has 2 nitrogen and oxygen atoms in total. The summed E-state index contributed by atoms with van der Waals surface area (Å²) in [6.07, 6.45) is 1.92. The number of nitrogens with zero attached hydrogens (tertiary/aromatic N) is 1. The zero-order valence-corrected chi connectivity index (χ0v) is 20.6. The fraction of sp³-hybridized carbons (Fsp3) is 0.0690. The largest absolute Gasteiger partial charge is 0.344 e. The topological polar surface area (TPSA) is 28.7 Å². The number of hydrogen-bond acceptors (Lipinski definition) is 2. The predicted octanol–water partition coefficient (Wildman–Crippen LogP) is 8.39. The minimum absolute atomic E-state index is 0.563. The molecule has 1 aromatic heterocycles. The zero-order chi connectivity index (χ0) is 23.4. The van der Waals surface area contributed by atoms with Crippen LogP contribution in [0, 0.1) is 0 Å². The lowest BCUT2D eigenvalue weighted by Gasteiger charge is -2.34. The lowest BCUT2D eigenvalue weighted by Crippen LogP contribution is -2.32. The number of aromatic nitrogens is 2. The molecule has 0 spiro atoms. The smallest absolute Gasteiger partial charge is 0.125 e. The van der Waals surface area contributed by atoms with E-state index >= 15 is 0 Å². The van der Waals surface area contributed by atoms with Gasteiger partial charge in [-0.15, -0.1) is 11.8 Å². The molecule has 5 aromatic rings. The van der Waals surface area contributed by atoms with E-state index in [1.807, 2.05) is 36.5 Å². The molecule has 0 aliphatic heterocycles. The number of hydrogen-bond donors (Lipinski definition) is 1. The number of rotatable bonds is 7. The van der Waals surface area contributed by atoms with Crippen molar-refractivity contribution >= 4 is 35.0 Å². The normalized spacial score (nSPS) is 11.5. The summed E-state index contributed by atoms with van der Waals surface area (Å²) in [6.45, 7) is 0. The summed E-state index contributed by atoms with van der Waals surface area (Å²) >= 11 is 14.2. The van der Waals surface area contributed by atoms with Gasteiger partial charge >= 0.3 is 0 Å². The summed E-state index contributed by atoms with van der Waals surface area (Å²) in [5, 5.41) is 1.15. The highest BCUT2D eigenvalue weighted by Crippen LogP contribution is 2.44. The van der Waals surface area contributed by atoms with Gasteiger partial charge < -0.3 is 4.98 Å². The van der Waals surface area contributed by atoms with Crippen LogP contribution in [0.2, 0.25) is 10.0 Å². The van der Waals surface area contributed by atoms with Crippen LogP contribution in [0.5, 0.6) is 0 Å². The molecular formula is C29H22Cl2N2S. The van der Waals surface area contributed by atoms with Gasteiger partial charge in [0.15, 0.2) is 0 Å². The molecule has 34 heavy (non-hydrogen) atoms. The first-order valence-corrected chi connectivity index (χ1v) is 12.7. The summed E-state index contributed by atoms with van der Waals surface area (Å²) in [4.78, 5) is 9.54. The summed E-state index contributed by atoms with van der Waals surface area (Å²) in [5.74, 6) is 1.57. The van der Waals surface area contributed by atoms with E-state index in [9.17, 15) is 0 Å². The second-order valence-corrected chi connectivity index (χ2v) is 9.75. The van der Waals surface area contributed by atoms with Crippen molar-refractivity contribution in [2.75, 3.05) is 0 Å². The Balaban J connectivity index is 1.62. The first-order chi connectivity index (χ1) is 16.7. The standard InChI is InChI=1S/C29H22Cl2N2S/c30-25-17-10-18-26(27(25)31)34-20-24-19-32-28(33-24)29(21-11-4-1-5-12-21,22-13-6-2-7-14-22)23-15-8-3-9-16-23/h1-19H,20H2,(H,32,33). The molecule has 1 heterocycles. The maximum atomic E-state index is 6.40. The van der Waals surface area contributed by atoms with Gasteiger partial charge in [-0.2, -0.15) is 0 Å². The summed E-state index contributed by atoms with van der Waals surface area (Å²) in [5.41, 5.74) is 3.89. The van der Waals surface area contributed by atoms with Crippen molar-refractivity contribution in [2.24, 2.45) is 0 Å². The lowest BCUT2D eigenvalue weighted by atomic mass is 9.69. The molecule has 168 valence electrons. The van der Waals surface area contributed by atoms with Crippen LogP contribution in [0.1, 0.15) is 28.2 Å². The molecule has 4 aromatic carbocycles. The molecule has 0 fully saturated rings. The van der Waals surface area contributed by atoms with Gasteiger partial charge in [0.1, 0.15) is 11.2 Å². The molecule has 0 aliphatic rings. The Kier molecular flexibility index (Phi) is 6.77. The molecule has 0 aliphatic carbocycles. The number of nitrogens with one attached hydrogen (secondary N) is 1. The zero-order valence-electron chi connectivity index (χ0n) is 18.3. The van der Waals surface area contributed by atoms with E-state index < -0.39 is 5.41 Å². The molecule has 0 unspecified atom stereocenters. The van der Waals surface area contributed by atoms with Crippen molar-refractivity contribution < 1.29 is 0 Å². The fourth-order valence-electron chi connectivity index (χ4n) is 4.35. The van der Waals surface area contributed by atoms with Crippen LogP contribution in [-0.4, -0.2) is 9.97 Å². The number of benzene rings is 4. The minimum Gasteiger partial charge on any atom is -0.344 e. The molecule has 5 heteroatoms. The van der Waals surface area contributed by atoms with E-state index in [0.29, 0.717) is 15.8 Å². The molecule has 0 atom stereocenters. The van der Waals surface area contributed by atoms with Gasteiger partial charge in [-0.1, -0.05) is 120 Å². The van der Waals surface area contributed by atoms with Crippen molar-refractivity contribution in [2.45, 2.75) is 16.1 Å². The highest BCUT2D eigenvalue weighted by molar-refractivity contribution is 7.98. The average molecular weight is 501 g/mol. The van der Waals surface area contributed by atoms with E-state index in [1.165, 1.54) is 0 Å². The van der Waals surface area contributed by atoms with Crippen LogP contribution >= 0.6 is 35.0 Å². The third kappa shape index (κ3) is 4.27. The van der Waals surface area contributed by atoms with Gasteiger partial charge in [0, 0.05) is 22.5 Å². The predicted molar refractivity (Wildman–Crippen MR) is 143 cm³/mol. The number of halogens is 2. The Bertz CT molecular complexity index is 1270. The summed E-state index contributed by atoms with van der Waals surface area (Å²) in [7, 11) is 0. The first kappa shape index (κ1) is 22.8. The fourth-order valence-corrected chi connectivity index (χ4v) is 5.74. The van der Waals surface area contributed by atoms with Crippen LogP contribution in [-0.2, 0) is 11.2 Å². The molecule has 0 saturated carbocycles. The van der Waals surface area contributed by atoms with Gasteiger partial charge in [0.25, 0.3) is 0 Å². The highest BCUT2D eigenvalue weighted by atomic mass is 35.5. The van der Waals surface area contributed by atoms with Crippen molar-refractivity contribution in [1.29, 1.82) is 0 Å². The molecule has 0 bridgehead atoms. The third-order valence-electron chi connectivity index (χ3n) is 5.90. The minimum atomic E-state index is -0.583. The monoisotopic (exact) mass is 500 g/mol. The van der Waals surface area contributed by atoms with Crippen LogP contribution in [0.15, 0.2) is 120 Å². The highest BCUT2D eigenvalue weighted by Gasteiger charge is 2.40. The lowest BCUT2D eigenvalue weighted by molar-refractivity contribution is 0.690. The van der Waals surface area contributed by atoms with Gasteiger partial charge in [-0.05, 0) is 28.8 Å². The Morgan fingerprint density at radius 3 is 1.74 bits per heavy atom. The van der Waals surface area contributed by atoms with E-state index in [4.69, 9.17) is 28.2 Å². The Morgan fingerprint density at radius 2 is 1.21 bits per heavy atom. The summed E-state index contributed by atoms with van der Waals surface area (Å²) in [6, 6.07) is 37.3. The number of aromatic amines is 1. The van der Waals surface area contributed by atoms with Gasteiger partial charge in [0.05, 0.1) is 10.0 Å². The molecular weight excluding hydrogens is 479 g/mol. The number of H-pyrrole nitrogens is 1. The average Bonchev–Trinajstić information content (AvgIpc) is 3.37. The van der Waals surface area contributed by atoms with E-state index in [0.717, 1.165) is 33.1 Å². The molecule has 1 N–H and O–H groups in total. The molecule has 0 amide bonds. The quantitative estimate of drug-likeness (QED) is 0.179. The van der Waals surface area contributed by atoms with Crippen LogP contribution in [0.4, 0.5) is 0 Å². The van der Waals surface area contributed by atoms with Crippen LogP contribution < -0.4 is 0 Å². The third-order valence-corrected chi connectivity index (χ3v) is 7.94. The van der Waals surface area contributed by atoms with E-state index in [-0.39, 0.29) is 0 Å². The van der Waals surface area contributed by atoms with E-state index in [2.05, 4.69) is 77.8 Å².